The fourth-order valence-corrected chi connectivity index (χ4v) is 3.22. The van der Waals surface area contributed by atoms with Crippen LogP contribution in [0.5, 0.6) is 5.75 Å². The molecule has 1 aliphatic rings. The first-order chi connectivity index (χ1) is 9.71. The Balaban J connectivity index is 2.24. The first-order valence-electron chi connectivity index (χ1n) is 7.50. The summed E-state index contributed by atoms with van der Waals surface area (Å²) >= 11 is 0. The van der Waals surface area contributed by atoms with Crippen LogP contribution in [0.15, 0.2) is 18.2 Å². The minimum atomic E-state index is -0.312. The lowest BCUT2D eigenvalue weighted by Crippen LogP contribution is -2.44. The van der Waals surface area contributed by atoms with Crippen molar-refractivity contribution >= 4 is 0 Å². The number of halogens is 1. The van der Waals surface area contributed by atoms with Gasteiger partial charge in [0.25, 0.3) is 0 Å². The summed E-state index contributed by atoms with van der Waals surface area (Å²) in [6.45, 7) is 3.78. The molecule has 0 radical (unpaired) electrons. The lowest BCUT2D eigenvalue weighted by Gasteiger charge is -2.41. The Kier molecular flexibility index (Phi) is 5.38. The molecule has 1 heterocycles. The predicted octanol–water partition coefficient (Wildman–Crippen LogP) is 3.10. The van der Waals surface area contributed by atoms with Gasteiger partial charge in [0.15, 0.2) is 11.6 Å². The van der Waals surface area contributed by atoms with Crippen molar-refractivity contribution in [2.45, 2.75) is 44.7 Å². The number of methoxy groups -OCH3 is 1. The highest BCUT2D eigenvalue weighted by Crippen LogP contribution is 2.31. The van der Waals surface area contributed by atoms with E-state index in [0.717, 1.165) is 18.5 Å². The van der Waals surface area contributed by atoms with E-state index in [1.165, 1.54) is 26.4 Å². The Morgan fingerprint density at radius 2 is 2.25 bits per heavy atom. The van der Waals surface area contributed by atoms with E-state index in [1.807, 2.05) is 6.07 Å². The molecule has 2 rings (SSSR count). The van der Waals surface area contributed by atoms with E-state index in [2.05, 4.69) is 11.8 Å². The lowest BCUT2D eigenvalue weighted by atomic mass is 9.94. The van der Waals surface area contributed by atoms with Gasteiger partial charge in [0, 0.05) is 18.6 Å². The van der Waals surface area contributed by atoms with Crippen molar-refractivity contribution in [1.82, 2.24) is 4.90 Å². The molecule has 3 nitrogen and oxygen atoms in total. The van der Waals surface area contributed by atoms with Crippen molar-refractivity contribution < 1.29 is 9.13 Å². The maximum atomic E-state index is 13.9. The molecule has 0 spiro atoms. The fourth-order valence-electron chi connectivity index (χ4n) is 3.22. The minimum Gasteiger partial charge on any atom is -0.494 e. The number of nitrogens with zero attached hydrogens (tertiary/aromatic N) is 1. The highest BCUT2D eigenvalue weighted by atomic mass is 19.1. The molecule has 2 N–H and O–H groups in total. The molecular weight excluding hydrogens is 255 g/mol. The van der Waals surface area contributed by atoms with Crippen LogP contribution in [0.2, 0.25) is 0 Å². The van der Waals surface area contributed by atoms with Crippen molar-refractivity contribution in [2.24, 2.45) is 5.73 Å². The predicted molar refractivity (Wildman–Crippen MR) is 79.4 cm³/mol. The van der Waals surface area contributed by atoms with Gasteiger partial charge in [-0.25, -0.2) is 4.39 Å². The zero-order valence-electron chi connectivity index (χ0n) is 12.4. The third kappa shape index (κ3) is 3.13. The number of rotatable bonds is 5. The number of hydrogen-bond acceptors (Lipinski definition) is 3. The summed E-state index contributed by atoms with van der Waals surface area (Å²) in [5.41, 5.74) is 6.93. The van der Waals surface area contributed by atoms with Crippen molar-refractivity contribution in [3.05, 3.63) is 29.6 Å². The van der Waals surface area contributed by atoms with Crippen LogP contribution in [0.4, 0.5) is 4.39 Å². The van der Waals surface area contributed by atoms with Gasteiger partial charge in [-0.1, -0.05) is 19.4 Å². The molecule has 1 aliphatic heterocycles. The normalized spacial score (nSPS) is 21.7. The number of ether oxygens (including phenoxy) is 1. The molecular formula is C16H25FN2O. The Hall–Kier alpha value is -1.13. The summed E-state index contributed by atoms with van der Waals surface area (Å²) < 4.78 is 18.9. The quantitative estimate of drug-likeness (QED) is 0.900. The largest absolute Gasteiger partial charge is 0.494 e. The maximum absolute atomic E-state index is 13.9. The molecule has 0 aliphatic carbocycles. The molecule has 2 unspecified atom stereocenters. The van der Waals surface area contributed by atoms with Gasteiger partial charge in [-0.05, 0) is 43.5 Å². The summed E-state index contributed by atoms with van der Waals surface area (Å²) in [6.07, 6.45) is 4.82. The van der Waals surface area contributed by atoms with Crippen LogP contribution in [0, 0.1) is 5.82 Å². The summed E-state index contributed by atoms with van der Waals surface area (Å²) in [4.78, 5) is 2.45. The molecule has 20 heavy (non-hydrogen) atoms. The third-order valence-corrected chi connectivity index (χ3v) is 4.33. The maximum Gasteiger partial charge on any atom is 0.165 e. The standard InChI is InChI=1S/C16H25FN2O/c1-3-13-6-4-5-9-19(13)15(11-18)12-7-8-16(20-2)14(17)10-12/h7-8,10,13,15H,3-6,9,11,18H2,1-2H3. The fraction of sp³-hybridized carbons (Fsp3) is 0.625. The van der Waals surface area contributed by atoms with Gasteiger partial charge in [0.05, 0.1) is 7.11 Å². The second-order valence-corrected chi connectivity index (χ2v) is 5.44. The van der Waals surface area contributed by atoms with Crippen molar-refractivity contribution in [2.75, 3.05) is 20.2 Å². The molecule has 112 valence electrons. The smallest absolute Gasteiger partial charge is 0.165 e. The molecule has 1 fully saturated rings. The van der Waals surface area contributed by atoms with Crippen LogP contribution in [-0.4, -0.2) is 31.1 Å². The number of nitrogens with two attached hydrogens (primary N) is 1. The Morgan fingerprint density at radius 1 is 1.45 bits per heavy atom. The summed E-state index contributed by atoms with van der Waals surface area (Å²) in [7, 11) is 1.48. The zero-order chi connectivity index (χ0) is 14.5. The average Bonchev–Trinajstić information content (AvgIpc) is 2.49. The van der Waals surface area contributed by atoms with E-state index >= 15 is 0 Å². The van der Waals surface area contributed by atoms with E-state index in [1.54, 1.807) is 12.1 Å². The zero-order valence-corrected chi connectivity index (χ0v) is 12.4. The third-order valence-electron chi connectivity index (χ3n) is 4.33. The van der Waals surface area contributed by atoms with Crippen LogP contribution in [0.25, 0.3) is 0 Å². The first kappa shape index (κ1) is 15.3. The number of hydrogen-bond donors (Lipinski definition) is 1. The number of benzene rings is 1. The molecule has 4 heteroatoms. The Labute approximate surface area is 120 Å². The lowest BCUT2D eigenvalue weighted by molar-refractivity contribution is 0.0947. The second kappa shape index (κ2) is 7.04. The molecule has 1 aromatic rings. The summed E-state index contributed by atoms with van der Waals surface area (Å²) in [5.74, 6) is -0.0243. The van der Waals surface area contributed by atoms with Gasteiger partial charge in [-0.3, -0.25) is 4.90 Å². The Morgan fingerprint density at radius 3 is 2.85 bits per heavy atom. The van der Waals surface area contributed by atoms with E-state index < -0.39 is 0 Å². The van der Waals surface area contributed by atoms with Crippen molar-refractivity contribution in [3.8, 4) is 5.75 Å². The molecule has 1 aromatic carbocycles. The van der Waals surface area contributed by atoms with Crippen LogP contribution in [0.3, 0.4) is 0 Å². The summed E-state index contributed by atoms with van der Waals surface area (Å²) in [6, 6.07) is 5.85. The van der Waals surface area contributed by atoms with Gasteiger partial charge < -0.3 is 10.5 Å². The van der Waals surface area contributed by atoms with Gasteiger partial charge in [-0.15, -0.1) is 0 Å². The molecule has 0 saturated carbocycles. The van der Waals surface area contributed by atoms with Crippen molar-refractivity contribution in [3.63, 3.8) is 0 Å². The van der Waals surface area contributed by atoms with Crippen LogP contribution in [-0.2, 0) is 0 Å². The highest BCUT2D eigenvalue weighted by Gasteiger charge is 2.28. The van der Waals surface area contributed by atoms with Crippen molar-refractivity contribution in [1.29, 1.82) is 0 Å². The molecule has 0 bridgehead atoms. The van der Waals surface area contributed by atoms with Crippen LogP contribution in [0.1, 0.15) is 44.2 Å². The SMILES string of the molecule is CCC1CCCCN1C(CN)c1ccc(OC)c(F)c1. The molecule has 0 aromatic heterocycles. The van der Waals surface area contributed by atoms with Gasteiger partial charge in [0.2, 0.25) is 0 Å². The van der Waals surface area contributed by atoms with E-state index in [9.17, 15) is 4.39 Å². The van der Waals surface area contributed by atoms with Crippen LogP contribution >= 0.6 is 0 Å². The molecule has 2 atom stereocenters. The first-order valence-corrected chi connectivity index (χ1v) is 7.50. The van der Waals surface area contributed by atoms with E-state index in [0.29, 0.717) is 12.6 Å². The number of piperidine rings is 1. The molecule has 0 amide bonds. The number of likely N-dealkylation sites (tertiary alicyclic amines) is 1. The van der Waals surface area contributed by atoms with Crippen LogP contribution < -0.4 is 10.5 Å². The van der Waals surface area contributed by atoms with Gasteiger partial charge in [0.1, 0.15) is 0 Å². The summed E-state index contributed by atoms with van der Waals surface area (Å²) in [5, 5.41) is 0. The second-order valence-electron chi connectivity index (χ2n) is 5.44. The van der Waals surface area contributed by atoms with Gasteiger partial charge in [-0.2, -0.15) is 0 Å². The van der Waals surface area contributed by atoms with Gasteiger partial charge >= 0.3 is 0 Å². The topological polar surface area (TPSA) is 38.5 Å². The molecule has 1 saturated heterocycles. The van der Waals surface area contributed by atoms with E-state index in [4.69, 9.17) is 10.5 Å². The minimum absolute atomic E-state index is 0.0978. The van der Waals surface area contributed by atoms with E-state index in [-0.39, 0.29) is 17.6 Å². The Bertz CT molecular complexity index is 438. The monoisotopic (exact) mass is 280 g/mol. The highest BCUT2D eigenvalue weighted by molar-refractivity contribution is 5.31. The average molecular weight is 280 g/mol.